The maximum atomic E-state index is 13.2. The number of para-hydroxylation sites is 1. The molecule has 12 heteroatoms. The van der Waals surface area contributed by atoms with Gasteiger partial charge in [0, 0.05) is 12.6 Å². The van der Waals surface area contributed by atoms with Crippen LogP contribution in [0.4, 0.5) is 4.79 Å². The Morgan fingerprint density at radius 1 is 1.15 bits per heavy atom. The molecule has 0 aliphatic carbocycles. The molecule has 0 aliphatic heterocycles. The van der Waals surface area contributed by atoms with E-state index in [1.54, 1.807) is 20.8 Å². The van der Waals surface area contributed by atoms with E-state index in [-0.39, 0.29) is 11.3 Å². The van der Waals surface area contributed by atoms with E-state index in [2.05, 4.69) is 15.4 Å². The van der Waals surface area contributed by atoms with E-state index < -0.39 is 60.4 Å². The van der Waals surface area contributed by atoms with Gasteiger partial charge in [-0.3, -0.25) is 19.2 Å². The predicted molar refractivity (Wildman–Crippen MR) is 116 cm³/mol. The smallest absolute Gasteiger partial charge is 0.408 e. The number of methoxy groups -OCH3 is 1. The van der Waals surface area contributed by atoms with Crippen molar-refractivity contribution in [3.05, 3.63) is 29.8 Å². The molecule has 0 saturated heterocycles. The number of rotatable bonds is 9. The lowest BCUT2D eigenvalue weighted by Gasteiger charge is -2.31. The van der Waals surface area contributed by atoms with Crippen LogP contribution in [0.15, 0.2) is 24.3 Å². The van der Waals surface area contributed by atoms with E-state index in [1.165, 1.54) is 31.3 Å². The molecule has 1 aromatic carbocycles. The molecule has 4 amide bonds. The number of benzene rings is 1. The summed E-state index contributed by atoms with van der Waals surface area (Å²) in [6.45, 7) is 4.36. The number of alkyl carbamates (subject to hydrolysis) is 1. The first-order valence-corrected chi connectivity index (χ1v) is 9.93. The number of carbonyl (C=O) groups is 5. The molecule has 182 valence electrons. The van der Waals surface area contributed by atoms with Gasteiger partial charge in [-0.05, 0) is 26.8 Å². The molecule has 0 aromatic heterocycles. The third kappa shape index (κ3) is 8.67. The second-order valence-electron chi connectivity index (χ2n) is 8.07. The van der Waals surface area contributed by atoms with Gasteiger partial charge in [0.2, 0.25) is 17.7 Å². The van der Waals surface area contributed by atoms with E-state index >= 15 is 0 Å². The Morgan fingerprint density at radius 3 is 2.27 bits per heavy atom. The summed E-state index contributed by atoms with van der Waals surface area (Å²) in [5.41, 5.74) is 4.40. The van der Waals surface area contributed by atoms with Crippen LogP contribution in [0.3, 0.4) is 0 Å². The van der Waals surface area contributed by atoms with Gasteiger partial charge in [-0.25, -0.2) is 4.79 Å². The zero-order chi connectivity index (χ0) is 25.3. The van der Waals surface area contributed by atoms with Gasteiger partial charge in [-0.1, -0.05) is 18.2 Å². The van der Waals surface area contributed by atoms with E-state index in [9.17, 15) is 29.1 Å². The molecule has 2 unspecified atom stereocenters. The molecular formula is C21H30N4O8. The highest BCUT2D eigenvalue weighted by Crippen LogP contribution is 2.28. The number of hydrogen-bond acceptors (Lipinski definition) is 8. The Hall–Kier alpha value is -3.83. The molecule has 12 nitrogen and oxygen atoms in total. The van der Waals surface area contributed by atoms with E-state index in [1.807, 2.05) is 0 Å². The fourth-order valence-corrected chi connectivity index (χ4v) is 2.80. The normalized spacial score (nSPS) is 12.6. The number of phenols is 1. The number of nitrogens with zero attached hydrogens (tertiary/aromatic N) is 1. The van der Waals surface area contributed by atoms with Crippen LogP contribution in [0.5, 0.6) is 5.75 Å². The maximum Gasteiger partial charge on any atom is 0.408 e. The lowest BCUT2D eigenvalue weighted by molar-refractivity contribution is -0.144. The fourth-order valence-electron chi connectivity index (χ4n) is 2.80. The molecular weight excluding hydrogens is 436 g/mol. The first-order chi connectivity index (χ1) is 15.3. The minimum Gasteiger partial charge on any atom is -0.508 e. The van der Waals surface area contributed by atoms with Crippen LogP contribution in [0.2, 0.25) is 0 Å². The number of nitrogens with two attached hydrogens (primary N) is 1. The average Bonchev–Trinajstić information content (AvgIpc) is 2.70. The number of primary amides is 1. The number of esters is 1. The number of hydrogen-bond donors (Lipinski definition) is 4. The van der Waals surface area contributed by atoms with Crippen LogP contribution in [-0.4, -0.2) is 72.1 Å². The number of carbonyl (C=O) groups excluding carboxylic acids is 5. The van der Waals surface area contributed by atoms with Gasteiger partial charge in [-0.15, -0.1) is 0 Å². The summed E-state index contributed by atoms with van der Waals surface area (Å²) in [6, 6.07) is 2.90. The predicted octanol–water partition coefficient (Wildman–Crippen LogP) is -0.0504. The Kier molecular flexibility index (Phi) is 9.64. The van der Waals surface area contributed by atoms with Crippen LogP contribution in [0.25, 0.3) is 0 Å². The van der Waals surface area contributed by atoms with Gasteiger partial charge in [0.15, 0.2) is 0 Å². The van der Waals surface area contributed by atoms with Crippen molar-refractivity contribution in [3.8, 4) is 5.75 Å². The summed E-state index contributed by atoms with van der Waals surface area (Å²) >= 11 is 0. The number of ether oxygens (including phenoxy) is 2. The van der Waals surface area contributed by atoms with Crippen molar-refractivity contribution in [2.24, 2.45) is 5.73 Å². The molecule has 0 heterocycles. The summed E-state index contributed by atoms with van der Waals surface area (Å²) in [4.78, 5) is 62.2. The fraction of sp³-hybridized carbons (Fsp3) is 0.476. The van der Waals surface area contributed by atoms with Crippen molar-refractivity contribution in [2.75, 3.05) is 20.7 Å². The minimum atomic E-state index is -1.45. The van der Waals surface area contributed by atoms with Crippen LogP contribution < -0.4 is 16.4 Å². The molecule has 1 aromatic rings. The van der Waals surface area contributed by atoms with Gasteiger partial charge in [0.05, 0.1) is 13.5 Å². The number of phenolic OH excluding ortho intramolecular Hbond substituents is 1. The van der Waals surface area contributed by atoms with Crippen LogP contribution in [0.1, 0.15) is 38.8 Å². The lowest BCUT2D eigenvalue weighted by atomic mass is 10.0. The van der Waals surface area contributed by atoms with E-state index in [0.717, 1.165) is 12.0 Å². The van der Waals surface area contributed by atoms with Crippen molar-refractivity contribution in [3.63, 3.8) is 0 Å². The largest absolute Gasteiger partial charge is 0.508 e. The number of nitrogens with one attached hydrogen (secondary N) is 2. The SMILES string of the molecule is COC(=O)CNC(=O)C(c1ccccc1O)N(C)C(=O)C(CC(N)=O)NC(=O)OC(C)(C)C. The van der Waals surface area contributed by atoms with Crippen molar-refractivity contribution in [2.45, 2.75) is 44.9 Å². The standard InChI is InChI=1S/C21H30N4O8/c1-21(2,3)33-20(31)24-13(10-15(22)27)19(30)25(4)17(12-8-6-7-9-14(12)26)18(29)23-11-16(28)32-5/h6-9,13,17,26H,10-11H2,1-5H3,(H2,22,27)(H,23,29)(H,24,31). The molecule has 0 fully saturated rings. The van der Waals surface area contributed by atoms with Gasteiger partial charge in [-0.2, -0.15) is 0 Å². The van der Waals surface area contributed by atoms with E-state index in [4.69, 9.17) is 10.5 Å². The lowest BCUT2D eigenvalue weighted by Crippen LogP contribution is -2.53. The zero-order valence-electron chi connectivity index (χ0n) is 19.2. The van der Waals surface area contributed by atoms with E-state index in [0.29, 0.717) is 0 Å². The summed E-state index contributed by atoms with van der Waals surface area (Å²) < 4.78 is 9.61. The van der Waals surface area contributed by atoms with Gasteiger partial charge in [0.25, 0.3) is 0 Å². The first-order valence-electron chi connectivity index (χ1n) is 9.93. The summed E-state index contributed by atoms with van der Waals surface area (Å²) in [5, 5.41) is 14.9. The third-order valence-electron chi connectivity index (χ3n) is 4.24. The highest BCUT2D eigenvalue weighted by atomic mass is 16.6. The summed E-state index contributed by atoms with van der Waals surface area (Å²) in [5.74, 6) is -3.57. The Balaban J connectivity index is 3.26. The number of amides is 4. The topological polar surface area (TPSA) is 177 Å². The monoisotopic (exact) mass is 466 g/mol. The van der Waals surface area contributed by atoms with Gasteiger partial charge in [0.1, 0.15) is 30.0 Å². The molecule has 0 bridgehead atoms. The third-order valence-corrected chi connectivity index (χ3v) is 4.24. The highest BCUT2D eigenvalue weighted by molar-refractivity contribution is 5.95. The Morgan fingerprint density at radius 2 is 1.76 bits per heavy atom. The highest BCUT2D eigenvalue weighted by Gasteiger charge is 2.36. The number of aromatic hydroxyl groups is 1. The molecule has 0 spiro atoms. The number of likely N-dealkylation sites (N-methyl/N-ethyl adjacent to an activating group) is 1. The summed E-state index contributed by atoms with van der Waals surface area (Å²) in [6.07, 6.45) is -1.54. The first kappa shape index (κ1) is 27.2. The second kappa shape index (κ2) is 11.7. The Bertz CT molecular complexity index is 896. The van der Waals surface area contributed by atoms with Gasteiger partial charge < -0.3 is 35.8 Å². The van der Waals surface area contributed by atoms with Crippen molar-refractivity contribution in [1.82, 2.24) is 15.5 Å². The van der Waals surface area contributed by atoms with Crippen molar-refractivity contribution < 1.29 is 38.6 Å². The minimum absolute atomic E-state index is 0.0470. The Labute approximate surface area is 191 Å². The molecule has 2 atom stereocenters. The molecule has 0 saturated carbocycles. The van der Waals surface area contributed by atoms with Crippen LogP contribution in [0, 0.1) is 0 Å². The van der Waals surface area contributed by atoms with Crippen LogP contribution >= 0.6 is 0 Å². The average molecular weight is 466 g/mol. The van der Waals surface area contributed by atoms with Crippen molar-refractivity contribution >= 4 is 29.8 Å². The maximum absolute atomic E-state index is 13.2. The second-order valence-corrected chi connectivity index (χ2v) is 8.07. The zero-order valence-corrected chi connectivity index (χ0v) is 19.2. The van der Waals surface area contributed by atoms with Crippen LogP contribution in [-0.2, 0) is 28.7 Å². The molecule has 0 aliphatic rings. The summed E-state index contributed by atoms with van der Waals surface area (Å²) in [7, 11) is 2.38. The van der Waals surface area contributed by atoms with Crippen molar-refractivity contribution in [1.29, 1.82) is 0 Å². The molecule has 5 N–H and O–H groups in total. The molecule has 1 rings (SSSR count). The molecule has 33 heavy (non-hydrogen) atoms. The molecule has 0 radical (unpaired) electrons. The quantitative estimate of drug-likeness (QED) is 0.366. The van der Waals surface area contributed by atoms with Gasteiger partial charge >= 0.3 is 12.1 Å².